The van der Waals surface area contributed by atoms with Crippen LogP contribution in [0.15, 0.2) is 76.3 Å². The number of hydrogen-bond acceptors (Lipinski definition) is 5. The van der Waals surface area contributed by atoms with Crippen LogP contribution in [0.4, 0.5) is 14.5 Å². The molecule has 174 valence electrons. The molecular formula is C24H19F2N3O5. The van der Waals surface area contributed by atoms with Crippen LogP contribution in [0.1, 0.15) is 0 Å². The lowest BCUT2D eigenvalue weighted by atomic mass is 10.0. The van der Waals surface area contributed by atoms with Gasteiger partial charge >= 0.3 is 12.3 Å². The lowest BCUT2D eigenvalue weighted by molar-refractivity contribution is -0.116. The molecule has 8 nitrogen and oxygen atoms in total. The Kier molecular flexibility index (Phi) is 6.39. The number of para-hydroxylation sites is 1. The number of aromatic amines is 1. The highest BCUT2D eigenvalue weighted by Gasteiger charge is 2.15. The smallest absolute Gasteiger partial charge is 0.387 e. The summed E-state index contributed by atoms with van der Waals surface area (Å²) in [5.74, 6) is -0.0355. The molecule has 0 radical (unpaired) electrons. The molecule has 0 bridgehead atoms. The largest absolute Gasteiger partial charge is 0.497 e. The van der Waals surface area contributed by atoms with Crippen molar-refractivity contribution < 1.29 is 23.0 Å². The Hall–Kier alpha value is -4.47. The van der Waals surface area contributed by atoms with Crippen molar-refractivity contribution in [2.45, 2.75) is 13.2 Å². The summed E-state index contributed by atoms with van der Waals surface area (Å²) in [5.41, 5.74) is 0.238. The minimum absolute atomic E-state index is 0.0685. The molecule has 0 atom stereocenters. The normalized spacial score (nSPS) is 10.9. The number of H-pyrrole nitrogens is 1. The molecule has 34 heavy (non-hydrogen) atoms. The first-order valence-corrected chi connectivity index (χ1v) is 10.1. The molecular weight excluding hydrogens is 448 g/mol. The quantitative estimate of drug-likeness (QED) is 0.432. The lowest BCUT2D eigenvalue weighted by Gasteiger charge is -2.14. The molecule has 0 saturated carbocycles. The Balaban J connectivity index is 1.64. The summed E-state index contributed by atoms with van der Waals surface area (Å²) in [6.45, 7) is -3.40. The average molecular weight is 467 g/mol. The van der Waals surface area contributed by atoms with E-state index in [1.165, 1.54) is 25.3 Å². The maximum atomic E-state index is 12.9. The molecule has 10 heteroatoms. The summed E-state index contributed by atoms with van der Waals surface area (Å²) in [7, 11) is 1.51. The summed E-state index contributed by atoms with van der Waals surface area (Å²) in [6.07, 6.45) is 0. The molecule has 1 aromatic heterocycles. The van der Waals surface area contributed by atoms with Crippen molar-refractivity contribution in [3.05, 3.63) is 87.6 Å². The summed E-state index contributed by atoms with van der Waals surface area (Å²) in [6, 6.07) is 17.3. The van der Waals surface area contributed by atoms with Crippen LogP contribution in [0.25, 0.3) is 22.0 Å². The molecule has 3 aromatic carbocycles. The Morgan fingerprint density at radius 3 is 2.50 bits per heavy atom. The molecule has 1 heterocycles. The molecule has 0 saturated heterocycles. The second kappa shape index (κ2) is 9.57. The number of amides is 1. The minimum atomic E-state index is -3.03. The Morgan fingerprint density at radius 1 is 1.06 bits per heavy atom. The number of halogens is 2. The number of ether oxygens (including phenoxy) is 2. The zero-order valence-electron chi connectivity index (χ0n) is 17.9. The van der Waals surface area contributed by atoms with Crippen molar-refractivity contribution >= 4 is 22.5 Å². The van der Waals surface area contributed by atoms with Gasteiger partial charge in [0.2, 0.25) is 5.91 Å². The van der Waals surface area contributed by atoms with E-state index in [0.29, 0.717) is 28.1 Å². The molecule has 4 rings (SSSR count). The van der Waals surface area contributed by atoms with Crippen molar-refractivity contribution in [2.24, 2.45) is 0 Å². The van der Waals surface area contributed by atoms with Gasteiger partial charge in [-0.3, -0.25) is 19.1 Å². The number of alkyl halides is 2. The second-order valence-corrected chi connectivity index (χ2v) is 7.23. The van der Waals surface area contributed by atoms with Crippen LogP contribution >= 0.6 is 0 Å². The number of nitrogens with zero attached hydrogens (tertiary/aromatic N) is 1. The van der Waals surface area contributed by atoms with Gasteiger partial charge in [0.1, 0.15) is 18.0 Å². The van der Waals surface area contributed by atoms with Crippen molar-refractivity contribution in [3.8, 4) is 22.6 Å². The highest BCUT2D eigenvalue weighted by molar-refractivity contribution is 5.93. The van der Waals surface area contributed by atoms with Crippen molar-refractivity contribution in [1.82, 2.24) is 9.55 Å². The van der Waals surface area contributed by atoms with Crippen LogP contribution in [0.2, 0.25) is 0 Å². The zero-order valence-corrected chi connectivity index (χ0v) is 17.9. The summed E-state index contributed by atoms with van der Waals surface area (Å²) < 4.78 is 36.7. The predicted octanol–water partition coefficient (Wildman–Crippen LogP) is 3.61. The predicted molar refractivity (Wildman–Crippen MR) is 123 cm³/mol. The SMILES string of the molecule is COc1ccc(-c2cc(NC(=O)Cn3c(=O)[nH]c(=O)c4ccccc43)ccc2OC(F)F)cc1. The van der Waals surface area contributed by atoms with E-state index >= 15 is 0 Å². The Morgan fingerprint density at radius 2 is 1.79 bits per heavy atom. The van der Waals surface area contributed by atoms with Crippen molar-refractivity contribution in [1.29, 1.82) is 0 Å². The van der Waals surface area contributed by atoms with E-state index in [1.54, 1.807) is 48.5 Å². The number of fused-ring (bicyclic) bond motifs is 1. The monoisotopic (exact) mass is 467 g/mol. The maximum Gasteiger partial charge on any atom is 0.387 e. The Labute approximate surface area is 191 Å². The van der Waals surface area contributed by atoms with E-state index < -0.39 is 23.8 Å². The third-order valence-corrected chi connectivity index (χ3v) is 5.09. The Bertz CT molecular complexity index is 1460. The molecule has 0 unspecified atom stereocenters. The molecule has 4 aromatic rings. The number of aromatic nitrogens is 2. The summed E-state index contributed by atoms with van der Waals surface area (Å²) >= 11 is 0. The molecule has 0 aliphatic carbocycles. The third-order valence-electron chi connectivity index (χ3n) is 5.09. The van der Waals surface area contributed by atoms with E-state index in [4.69, 9.17) is 4.74 Å². The third kappa shape index (κ3) is 4.80. The zero-order chi connectivity index (χ0) is 24.2. The minimum Gasteiger partial charge on any atom is -0.497 e. The van der Waals surface area contributed by atoms with Gasteiger partial charge in [0.25, 0.3) is 5.56 Å². The topological polar surface area (TPSA) is 102 Å². The van der Waals surface area contributed by atoms with Gasteiger partial charge in [-0.15, -0.1) is 0 Å². The van der Waals surface area contributed by atoms with Crippen LogP contribution in [0.5, 0.6) is 11.5 Å². The highest BCUT2D eigenvalue weighted by Crippen LogP contribution is 2.34. The number of anilines is 1. The number of nitrogens with one attached hydrogen (secondary N) is 2. The molecule has 0 fully saturated rings. The van der Waals surface area contributed by atoms with Gasteiger partial charge in [0.15, 0.2) is 0 Å². The number of hydrogen-bond donors (Lipinski definition) is 2. The van der Waals surface area contributed by atoms with Crippen LogP contribution in [0, 0.1) is 0 Å². The number of carbonyl (C=O) groups is 1. The van der Waals surface area contributed by atoms with Crippen LogP contribution in [-0.2, 0) is 11.3 Å². The first-order valence-electron chi connectivity index (χ1n) is 10.1. The number of benzene rings is 3. The van der Waals surface area contributed by atoms with Gasteiger partial charge in [-0.2, -0.15) is 8.78 Å². The fourth-order valence-electron chi connectivity index (χ4n) is 3.55. The second-order valence-electron chi connectivity index (χ2n) is 7.23. The van der Waals surface area contributed by atoms with Gasteiger partial charge in [0, 0.05) is 11.3 Å². The van der Waals surface area contributed by atoms with E-state index in [2.05, 4.69) is 15.0 Å². The lowest BCUT2D eigenvalue weighted by Crippen LogP contribution is -2.34. The van der Waals surface area contributed by atoms with Crippen LogP contribution in [0.3, 0.4) is 0 Å². The van der Waals surface area contributed by atoms with Gasteiger partial charge in [-0.25, -0.2) is 4.79 Å². The van der Waals surface area contributed by atoms with Gasteiger partial charge in [0.05, 0.1) is 18.0 Å². The molecule has 2 N–H and O–H groups in total. The molecule has 0 aliphatic rings. The van der Waals surface area contributed by atoms with Gasteiger partial charge in [-0.1, -0.05) is 24.3 Å². The molecule has 1 amide bonds. The molecule has 0 spiro atoms. The first kappa shape index (κ1) is 22.7. The van der Waals surface area contributed by atoms with Gasteiger partial charge < -0.3 is 14.8 Å². The first-order chi connectivity index (χ1) is 16.4. The maximum absolute atomic E-state index is 12.9. The number of rotatable bonds is 7. The summed E-state index contributed by atoms with van der Waals surface area (Å²) in [4.78, 5) is 39.2. The van der Waals surface area contributed by atoms with Crippen LogP contribution in [-0.4, -0.2) is 29.2 Å². The van der Waals surface area contributed by atoms with E-state index in [9.17, 15) is 23.2 Å². The van der Waals surface area contributed by atoms with E-state index in [-0.39, 0.29) is 17.7 Å². The van der Waals surface area contributed by atoms with Crippen LogP contribution < -0.4 is 26.0 Å². The van der Waals surface area contributed by atoms with Crippen molar-refractivity contribution in [3.63, 3.8) is 0 Å². The fourth-order valence-corrected chi connectivity index (χ4v) is 3.55. The number of methoxy groups -OCH3 is 1. The number of carbonyl (C=O) groups excluding carboxylic acids is 1. The van der Waals surface area contributed by atoms with E-state index in [0.717, 1.165) is 4.57 Å². The highest BCUT2D eigenvalue weighted by atomic mass is 19.3. The molecule has 0 aliphatic heterocycles. The van der Waals surface area contributed by atoms with Gasteiger partial charge in [-0.05, 0) is 48.0 Å². The average Bonchev–Trinajstić information content (AvgIpc) is 2.82. The van der Waals surface area contributed by atoms with Crippen molar-refractivity contribution in [2.75, 3.05) is 12.4 Å². The fraction of sp³-hybridized carbons (Fsp3) is 0.125. The summed E-state index contributed by atoms with van der Waals surface area (Å²) in [5, 5.41) is 2.92. The standard InChI is InChI=1S/C24H19F2N3O5/c1-33-16-9-6-14(7-10-16)18-12-15(8-11-20(18)34-23(25)26)27-21(30)13-29-19-5-3-2-4-17(19)22(31)28-24(29)32/h2-12,23H,13H2,1H3,(H,27,30)(H,28,31,32). The van der Waals surface area contributed by atoms with E-state index in [1.807, 2.05) is 0 Å².